The number of aliphatic hydroxyl groups is 1. The highest BCUT2D eigenvalue weighted by Gasteiger charge is 2.11. The van der Waals surface area contributed by atoms with Crippen LogP contribution in [0.15, 0.2) is 18.2 Å². The topological polar surface area (TPSA) is 63.4 Å². The zero-order chi connectivity index (χ0) is 9.14. The SMILES string of the molecule is O=[N+]([O-])c1cc(CO)ccc1I. The third kappa shape index (κ3) is 1.92. The van der Waals surface area contributed by atoms with Crippen LogP contribution < -0.4 is 0 Å². The highest BCUT2D eigenvalue weighted by atomic mass is 127. The van der Waals surface area contributed by atoms with Gasteiger partial charge >= 0.3 is 0 Å². The van der Waals surface area contributed by atoms with Crippen molar-refractivity contribution >= 4 is 28.3 Å². The van der Waals surface area contributed by atoms with E-state index in [2.05, 4.69) is 0 Å². The number of nitro benzene ring substituents is 1. The molecular weight excluding hydrogens is 273 g/mol. The molecule has 1 N–H and O–H groups in total. The third-order valence-corrected chi connectivity index (χ3v) is 2.30. The van der Waals surface area contributed by atoms with Crippen molar-refractivity contribution in [1.29, 1.82) is 0 Å². The van der Waals surface area contributed by atoms with E-state index in [4.69, 9.17) is 5.11 Å². The molecule has 64 valence electrons. The predicted octanol–water partition coefficient (Wildman–Crippen LogP) is 1.69. The summed E-state index contributed by atoms with van der Waals surface area (Å²) in [7, 11) is 0. The molecule has 12 heavy (non-hydrogen) atoms. The second-order valence-corrected chi connectivity index (χ2v) is 3.36. The van der Waals surface area contributed by atoms with Crippen LogP contribution in [0, 0.1) is 13.7 Å². The zero-order valence-electron chi connectivity index (χ0n) is 6.03. The van der Waals surface area contributed by atoms with Gasteiger partial charge in [-0.15, -0.1) is 0 Å². The Hall–Kier alpha value is -0.690. The van der Waals surface area contributed by atoms with E-state index in [1.54, 1.807) is 12.1 Å². The number of hydrogen-bond acceptors (Lipinski definition) is 3. The molecule has 0 atom stereocenters. The van der Waals surface area contributed by atoms with Crippen molar-refractivity contribution in [1.82, 2.24) is 0 Å². The molecule has 0 aliphatic rings. The van der Waals surface area contributed by atoms with Gasteiger partial charge in [0.15, 0.2) is 0 Å². The van der Waals surface area contributed by atoms with Crippen LogP contribution in [0.1, 0.15) is 5.56 Å². The first kappa shape index (κ1) is 9.40. The van der Waals surface area contributed by atoms with Crippen LogP contribution in [0.5, 0.6) is 0 Å². The molecule has 5 heteroatoms. The molecule has 0 heterocycles. The maximum absolute atomic E-state index is 10.4. The fourth-order valence-electron chi connectivity index (χ4n) is 0.797. The van der Waals surface area contributed by atoms with E-state index in [-0.39, 0.29) is 12.3 Å². The van der Waals surface area contributed by atoms with Crippen molar-refractivity contribution in [3.8, 4) is 0 Å². The molecule has 4 nitrogen and oxygen atoms in total. The van der Waals surface area contributed by atoms with Gasteiger partial charge in [0.25, 0.3) is 5.69 Å². The zero-order valence-corrected chi connectivity index (χ0v) is 8.19. The van der Waals surface area contributed by atoms with E-state index in [0.29, 0.717) is 9.13 Å². The predicted molar refractivity (Wildman–Crippen MR) is 51.7 cm³/mol. The van der Waals surface area contributed by atoms with Crippen molar-refractivity contribution in [3.63, 3.8) is 0 Å². The van der Waals surface area contributed by atoms with E-state index in [1.807, 2.05) is 22.6 Å². The molecule has 0 aliphatic heterocycles. The quantitative estimate of drug-likeness (QED) is 0.509. The lowest BCUT2D eigenvalue weighted by molar-refractivity contribution is -0.385. The summed E-state index contributed by atoms with van der Waals surface area (Å²) in [5.41, 5.74) is 0.601. The lowest BCUT2D eigenvalue weighted by Crippen LogP contribution is -1.93. The lowest BCUT2D eigenvalue weighted by atomic mass is 10.2. The Morgan fingerprint density at radius 1 is 1.58 bits per heavy atom. The Kier molecular flexibility index (Phi) is 2.99. The van der Waals surface area contributed by atoms with Gasteiger partial charge < -0.3 is 5.11 Å². The number of benzene rings is 1. The summed E-state index contributed by atoms with van der Waals surface area (Å²) in [6.07, 6.45) is 0. The van der Waals surface area contributed by atoms with Crippen LogP contribution >= 0.6 is 22.6 Å². The molecule has 0 saturated heterocycles. The van der Waals surface area contributed by atoms with Gasteiger partial charge in [-0.25, -0.2) is 0 Å². The molecule has 0 spiro atoms. The fraction of sp³-hybridized carbons (Fsp3) is 0.143. The molecular formula is C7H6INO3. The monoisotopic (exact) mass is 279 g/mol. The second kappa shape index (κ2) is 3.81. The number of aliphatic hydroxyl groups excluding tert-OH is 1. The summed E-state index contributed by atoms with van der Waals surface area (Å²) in [6, 6.07) is 4.65. The number of hydrogen-bond donors (Lipinski definition) is 1. The minimum Gasteiger partial charge on any atom is -0.392 e. The third-order valence-electron chi connectivity index (χ3n) is 1.39. The average molecular weight is 279 g/mol. The fourth-order valence-corrected chi connectivity index (χ4v) is 1.33. The summed E-state index contributed by atoms with van der Waals surface area (Å²) in [5.74, 6) is 0. The van der Waals surface area contributed by atoms with Crippen LogP contribution in [0.3, 0.4) is 0 Å². The van der Waals surface area contributed by atoms with Crippen molar-refractivity contribution in [2.75, 3.05) is 0 Å². The van der Waals surface area contributed by atoms with Crippen LogP contribution in [0.4, 0.5) is 5.69 Å². The normalized spacial score (nSPS) is 9.83. The Bertz CT molecular complexity index is 314. The van der Waals surface area contributed by atoms with Gasteiger partial charge in [-0.1, -0.05) is 6.07 Å². The molecule has 0 aromatic heterocycles. The van der Waals surface area contributed by atoms with Gasteiger partial charge in [-0.2, -0.15) is 0 Å². The Morgan fingerprint density at radius 3 is 2.75 bits per heavy atom. The standard InChI is InChI=1S/C7H6INO3/c8-6-2-1-5(4-10)3-7(6)9(11)12/h1-3,10H,4H2. The first-order valence-corrected chi connectivity index (χ1v) is 4.26. The summed E-state index contributed by atoms with van der Waals surface area (Å²) in [5, 5.41) is 19.1. The highest BCUT2D eigenvalue weighted by Crippen LogP contribution is 2.21. The Balaban J connectivity index is 3.17. The summed E-state index contributed by atoms with van der Waals surface area (Å²) in [6.45, 7) is -0.169. The lowest BCUT2D eigenvalue weighted by Gasteiger charge is -1.97. The van der Waals surface area contributed by atoms with Crippen molar-refractivity contribution < 1.29 is 10.0 Å². The Labute approximate surface area is 82.5 Å². The van der Waals surface area contributed by atoms with Gasteiger partial charge in [0.05, 0.1) is 15.1 Å². The van der Waals surface area contributed by atoms with Crippen molar-refractivity contribution in [2.45, 2.75) is 6.61 Å². The molecule has 0 radical (unpaired) electrons. The molecule has 0 fully saturated rings. The van der Waals surface area contributed by atoms with Gasteiger partial charge in [0.2, 0.25) is 0 Å². The van der Waals surface area contributed by atoms with Crippen LogP contribution in [-0.2, 0) is 6.61 Å². The first-order valence-electron chi connectivity index (χ1n) is 3.19. The molecule has 0 unspecified atom stereocenters. The minimum absolute atomic E-state index is 0.0437. The van der Waals surface area contributed by atoms with E-state index in [0.717, 1.165) is 0 Å². The maximum atomic E-state index is 10.4. The summed E-state index contributed by atoms with van der Waals surface area (Å²) >= 11 is 1.89. The molecule has 0 aliphatic carbocycles. The van der Waals surface area contributed by atoms with Crippen LogP contribution in [0.25, 0.3) is 0 Å². The number of halogens is 1. The second-order valence-electron chi connectivity index (χ2n) is 2.20. The minimum atomic E-state index is -0.457. The van der Waals surface area contributed by atoms with E-state index >= 15 is 0 Å². The number of rotatable bonds is 2. The van der Waals surface area contributed by atoms with Gasteiger partial charge in [-0.05, 0) is 34.2 Å². The molecule has 1 rings (SSSR count). The van der Waals surface area contributed by atoms with Gasteiger partial charge in [0.1, 0.15) is 0 Å². The van der Waals surface area contributed by atoms with Gasteiger partial charge in [-0.3, -0.25) is 10.1 Å². The van der Waals surface area contributed by atoms with Crippen LogP contribution in [0.2, 0.25) is 0 Å². The molecule has 0 bridgehead atoms. The maximum Gasteiger partial charge on any atom is 0.283 e. The average Bonchev–Trinajstić information content (AvgIpc) is 2.05. The van der Waals surface area contributed by atoms with E-state index in [9.17, 15) is 10.1 Å². The Morgan fingerprint density at radius 2 is 2.25 bits per heavy atom. The molecule has 0 amide bonds. The smallest absolute Gasteiger partial charge is 0.283 e. The van der Waals surface area contributed by atoms with Crippen molar-refractivity contribution in [2.24, 2.45) is 0 Å². The summed E-state index contributed by atoms with van der Waals surface area (Å²) < 4.78 is 0.579. The van der Waals surface area contributed by atoms with Gasteiger partial charge in [0, 0.05) is 6.07 Å². The number of nitro groups is 1. The first-order chi connectivity index (χ1) is 5.65. The molecule has 1 aromatic carbocycles. The van der Waals surface area contributed by atoms with E-state index in [1.165, 1.54) is 6.07 Å². The molecule has 0 saturated carbocycles. The molecule has 1 aromatic rings. The van der Waals surface area contributed by atoms with Crippen LogP contribution in [-0.4, -0.2) is 10.0 Å². The number of nitrogens with zero attached hydrogens (tertiary/aromatic N) is 1. The summed E-state index contributed by atoms with van der Waals surface area (Å²) in [4.78, 5) is 9.95. The van der Waals surface area contributed by atoms with Crippen molar-refractivity contribution in [3.05, 3.63) is 37.4 Å². The largest absolute Gasteiger partial charge is 0.392 e. The van der Waals surface area contributed by atoms with E-state index < -0.39 is 4.92 Å². The highest BCUT2D eigenvalue weighted by molar-refractivity contribution is 14.1.